The summed E-state index contributed by atoms with van der Waals surface area (Å²) in [4.78, 5) is 25.4. The minimum Gasteiger partial charge on any atom is -0.481 e. The fourth-order valence-electron chi connectivity index (χ4n) is 2.93. The lowest BCUT2D eigenvalue weighted by atomic mass is 9.84. The second-order valence-electron chi connectivity index (χ2n) is 5.41. The third kappa shape index (κ3) is 3.62. The van der Waals surface area contributed by atoms with E-state index in [1.165, 1.54) is 12.1 Å². The number of hydrogen-bond acceptors (Lipinski definition) is 3. The zero-order valence-corrected chi connectivity index (χ0v) is 12.5. The Morgan fingerprint density at radius 1 is 1.41 bits per heavy atom. The van der Waals surface area contributed by atoms with Crippen LogP contribution < -0.4 is 0 Å². The van der Waals surface area contributed by atoms with E-state index in [2.05, 4.69) is 0 Å². The Kier molecular flexibility index (Phi) is 5.49. The summed E-state index contributed by atoms with van der Waals surface area (Å²) in [6, 6.07) is 5.13. The third-order valence-electron chi connectivity index (χ3n) is 3.98. The van der Waals surface area contributed by atoms with Gasteiger partial charge in [0.05, 0.1) is 12.0 Å². The molecule has 0 radical (unpaired) electrons. The fourth-order valence-corrected chi connectivity index (χ4v) is 2.93. The molecule has 1 heterocycles. The molecule has 0 spiro atoms. The molecule has 0 aromatic heterocycles. The van der Waals surface area contributed by atoms with Gasteiger partial charge in [0.15, 0.2) is 0 Å². The van der Waals surface area contributed by atoms with Crippen LogP contribution in [0.25, 0.3) is 0 Å². The van der Waals surface area contributed by atoms with Gasteiger partial charge in [0, 0.05) is 26.7 Å². The third-order valence-corrected chi connectivity index (χ3v) is 3.98. The minimum atomic E-state index is -0.932. The first kappa shape index (κ1) is 16.4. The van der Waals surface area contributed by atoms with Crippen molar-refractivity contribution in [2.75, 3.05) is 20.3 Å². The minimum absolute atomic E-state index is 0.0667. The highest BCUT2D eigenvalue weighted by molar-refractivity contribution is 5.81. The fraction of sp³-hybridized carbons (Fsp3) is 0.500. The lowest BCUT2D eigenvalue weighted by molar-refractivity contribution is -0.152. The van der Waals surface area contributed by atoms with Crippen molar-refractivity contribution in [1.29, 1.82) is 0 Å². The van der Waals surface area contributed by atoms with E-state index < -0.39 is 17.9 Å². The van der Waals surface area contributed by atoms with Crippen LogP contribution in [0.1, 0.15) is 30.9 Å². The number of carbonyl (C=O) groups is 2. The molecule has 1 N–H and O–H groups in total. The maximum atomic E-state index is 13.1. The number of piperidine rings is 1. The van der Waals surface area contributed by atoms with Crippen molar-refractivity contribution in [3.05, 3.63) is 35.6 Å². The van der Waals surface area contributed by atoms with E-state index in [-0.39, 0.29) is 18.1 Å². The van der Waals surface area contributed by atoms with Gasteiger partial charge in [-0.25, -0.2) is 4.39 Å². The summed E-state index contributed by atoms with van der Waals surface area (Å²) in [5.41, 5.74) is 0.652. The maximum Gasteiger partial charge on any atom is 0.308 e. The number of hydrogen-bond donors (Lipinski definition) is 1. The molecule has 120 valence electrons. The summed E-state index contributed by atoms with van der Waals surface area (Å²) >= 11 is 0. The van der Waals surface area contributed by atoms with Gasteiger partial charge in [0.25, 0.3) is 0 Å². The Morgan fingerprint density at radius 3 is 2.68 bits per heavy atom. The number of carboxylic acid groups (broad SMARTS) is 1. The lowest BCUT2D eigenvalue weighted by Crippen LogP contribution is -2.45. The molecule has 5 nitrogen and oxygen atoms in total. The summed E-state index contributed by atoms with van der Waals surface area (Å²) in [5.74, 6) is -2.06. The average molecular weight is 309 g/mol. The molecule has 0 bridgehead atoms. The highest BCUT2D eigenvalue weighted by Crippen LogP contribution is 2.37. The van der Waals surface area contributed by atoms with E-state index in [1.807, 2.05) is 0 Å². The molecule has 2 rings (SSSR count). The molecule has 2 atom stereocenters. The number of rotatable bonds is 6. The predicted octanol–water partition coefficient (Wildman–Crippen LogP) is 2.23. The predicted molar refractivity (Wildman–Crippen MR) is 77.7 cm³/mol. The first-order chi connectivity index (χ1) is 10.5. The molecule has 1 aromatic carbocycles. The average Bonchev–Trinajstić information content (AvgIpc) is 2.49. The van der Waals surface area contributed by atoms with Gasteiger partial charge < -0.3 is 14.7 Å². The molecular weight excluding hydrogens is 289 g/mol. The van der Waals surface area contributed by atoms with E-state index >= 15 is 0 Å². The number of likely N-dealkylation sites (tertiary alicyclic amines) is 1. The number of halogens is 1. The quantitative estimate of drug-likeness (QED) is 0.818. The zero-order chi connectivity index (χ0) is 16.1. The van der Waals surface area contributed by atoms with Gasteiger partial charge in [0.1, 0.15) is 5.82 Å². The van der Waals surface area contributed by atoms with Crippen LogP contribution in [-0.4, -0.2) is 42.1 Å². The number of ether oxygens (including phenoxy) is 1. The Hall–Kier alpha value is -1.95. The van der Waals surface area contributed by atoms with E-state index in [9.17, 15) is 19.1 Å². The summed E-state index contributed by atoms with van der Waals surface area (Å²) < 4.78 is 18.1. The van der Waals surface area contributed by atoms with Gasteiger partial charge in [-0.1, -0.05) is 12.1 Å². The molecule has 1 aromatic rings. The summed E-state index contributed by atoms with van der Waals surface area (Å²) in [5, 5.41) is 9.46. The van der Waals surface area contributed by atoms with Crippen molar-refractivity contribution < 1.29 is 23.8 Å². The topological polar surface area (TPSA) is 66.8 Å². The van der Waals surface area contributed by atoms with Gasteiger partial charge >= 0.3 is 5.97 Å². The number of benzene rings is 1. The van der Waals surface area contributed by atoms with Crippen molar-refractivity contribution in [1.82, 2.24) is 4.90 Å². The van der Waals surface area contributed by atoms with Crippen LogP contribution >= 0.6 is 0 Å². The van der Waals surface area contributed by atoms with Crippen LogP contribution in [0.5, 0.6) is 0 Å². The number of carbonyl (C=O) groups excluding carboxylic acids is 1. The molecule has 22 heavy (non-hydrogen) atoms. The van der Waals surface area contributed by atoms with Crippen molar-refractivity contribution in [3.8, 4) is 0 Å². The smallest absolute Gasteiger partial charge is 0.308 e. The number of amides is 1. The largest absolute Gasteiger partial charge is 0.481 e. The van der Waals surface area contributed by atoms with E-state index in [1.54, 1.807) is 24.1 Å². The Labute approximate surface area is 128 Å². The highest BCUT2D eigenvalue weighted by Gasteiger charge is 2.40. The molecule has 1 aliphatic rings. The second-order valence-corrected chi connectivity index (χ2v) is 5.41. The van der Waals surface area contributed by atoms with Gasteiger partial charge in [-0.05, 0) is 30.5 Å². The van der Waals surface area contributed by atoms with Crippen LogP contribution in [0.4, 0.5) is 4.39 Å². The Morgan fingerprint density at radius 2 is 2.09 bits per heavy atom. The van der Waals surface area contributed by atoms with Gasteiger partial charge in [0.2, 0.25) is 5.91 Å². The molecular formula is C16H20FNO4. The molecule has 0 aliphatic carbocycles. The second kappa shape index (κ2) is 7.35. The molecule has 0 saturated carbocycles. The number of methoxy groups -OCH3 is 1. The van der Waals surface area contributed by atoms with Gasteiger partial charge in [-0.2, -0.15) is 0 Å². The van der Waals surface area contributed by atoms with Crippen molar-refractivity contribution >= 4 is 11.9 Å². The van der Waals surface area contributed by atoms with Crippen LogP contribution in [0.3, 0.4) is 0 Å². The molecule has 1 fully saturated rings. The Balaban J connectivity index is 2.30. The number of carboxylic acids is 1. The van der Waals surface area contributed by atoms with Crippen molar-refractivity contribution in [2.45, 2.75) is 25.3 Å². The van der Waals surface area contributed by atoms with Crippen LogP contribution in [0.15, 0.2) is 24.3 Å². The highest BCUT2D eigenvalue weighted by atomic mass is 19.1. The van der Waals surface area contributed by atoms with Gasteiger partial charge in [-0.15, -0.1) is 0 Å². The van der Waals surface area contributed by atoms with Crippen LogP contribution in [0, 0.1) is 11.7 Å². The summed E-state index contributed by atoms with van der Waals surface area (Å²) in [6.07, 6.45) is 1.16. The molecule has 1 saturated heterocycles. The van der Waals surface area contributed by atoms with E-state index in [0.29, 0.717) is 31.6 Å². The van der Waals surface area contributed by atoms with Crippen molar-refractivity contribution in [2.24, 2.45) is 5.92 Å². The first-order valence-corrected chi connectivity index (χ1v) is 7.31. The molecule has 1 aliphatic heterocycles. The lowest BCUT2D eigenvalue weighted by Gasteiger charge is -2.40. The zero-order valence-electron chi connectivity index (χ0n) is 12.5. The maximum absolute atomic E-state index is 13.1. The van der Waals surface area contributed by atoms with E-state index in [4.69, 9.17) is 4.74 Å². The Bertz CT molecular complexity index is 531. The van der Waals surface area contributed by atoms with Gasteiger partial charge in [-0.3, -0.25) is 9.59 Å². The van der Waals surface area contributed by atoms with Crippen LogP contribution in [0.2, 0.25) is 0 Å². The molecule has 6 heteroatoms. The standard InChI is InChI=1S/C16H20FNO4/c1-22-10-2-9-18-14(19)8-7-13(16(20)21)15(18)11-3-5-12(17)6-4-11/h3-6,13,15H,2,7-10H2,1H3,(H,20,21)/t13-,15+/m1/s1. The molecule has 0 unspecified atom stereocenters. The summed E-state index contributed by atoms with van der Waals surface area (Å²) in [7, 11) is 1.58. The summed E-state index contributed by atoms with van der Waals surface area (Å²) in [6.45, 7) is 0.927. The number of aliphatic carboxylic acids is 1. The first-order valence-electron chi connectivity index (χ1n) is 7.31. The number of nitrogens with zero attached hydrogens (tertiary/aromatic N) is 1. The normalized spacial score (nSPS) is 21.9. The van der Waals surface area contributed by atoms with Crippen LogP contribution in [-0.2, 0) is 14.3 Å². The SMILES string of the molecule is COCCCN1C(=O)CC[C@@H](C(=O)O)[C@@H]1c1ccc(F)cc1. The monoisotopic (exact) mass is 309 g/mol. The molecule has 1 amide bonds. The van der Waals surface area contributed by atoms with E-state index in [0.717, 1.165) is 0 Å². The van der Waals surface area contributed by atoms with Crippen molar-refractivity contribution in [3.63, 3.8) is 0 Å².